The van der Waals surface area contributed by atoms with Crippen LogP contribution < -0.4 is 15.4 Å². The molecular formula is C19H33N5O. The Hall–Kier alpha value is -1.82. The smallest absolute Gasteiger partial charge is 0.218 e. The van der Waals surface area contributed by atoms with E-state index in [1.165, 1.54) is 25.9 Å². The molecule has 1 saturated heterocycles. The van der Waals surface area contributed by atoms with Gasteiger partial charge >= 0.3 is 0 Å². The molecule has 1 aromatic rings. The van der Waals surface area contributed by atoms with Crippen LogP contribution in [-0.2, 0) is 6.54 Å². The number of likely N-dealkylation sites (tertiary alicyclic amines) is 1. The molecule has 2 heterocycles. The van der Waals surface area contributed by atoms with Crippen molar-refractivity contribution in [3.63, 3.8) is 0 Å². The highest BCUT2D eigenvalue weighted by Crippen LogP contribution is 2.16. The molecule has 1 aliphatic heterocycles. The maximum Gasteiger partial charge on any atom is 0.218 e. The van der Waals surface area contributed by atoms with Crippen LogP contribution in [0.1, 0.15) is 38.7 Å². The molecule has 0 unspecified atom stereocenters. The van der Waals surface area contributed by atoms with Crippen molar-refractivity contribution in [3.05, 3.63) is 23.9 Å². The zero-order valence-electron chi connectivity index (χ0n) is 15.9. The van der Waals surface area contributed by atoms with Crippen LogP contribution in [0.15, 0.2) is 23.3 Å². The molecule has 140 valence electrons. The highest BCUT2D eigenvalue weighted by atomic mass is 16.5. The van der Waals surface area contributed by atoms with E-state index in [2.05, 4.69) is 39.4 Å². The molecule has 0 aromatic carbocycles. The number of ether oxygens (including phenoxy) is 1. The highest BCUT2D eigenvalue weighted by Gasteiger charge is 2.14. The molecule has 6 heteroatoms. The van der Waals surface area contributed by atoms with E-state index in [0.29, 0.717) is 12.4 Å². The summed E-state index contributed by atoms with van der Waals surface area (Å²) in [6, 6.07) is 3.91. The van der Waals surface area contributed by atoms with Gasteiger partial charge in [-0.15, -0.1) is 0 Å². The molecule has 1 aromatic heterocycles. The van der Waals surface area contributed by atoms with Crippen LogP contribution in [0.3, 0.4) is 0 Å². The summed E-state index contributed by atoms with van der Waals surface area (Å²) in [5.41, 5.74) is 0.990. The molecule has 0 amide bonds. The Morgan fingerprint density at radius 3 is 2.88 bits per heavy atom. The molecule has 0 atom stereocenters. The molecule has 0 radical (unpaired) electrons. The molecule has 0 spiro atoms. The van der Waals surface area contributed by atoms with Crippen LogP contribution in [0.2, 0.25) is 0 Å². The van der Waals surface area contributed by atoms with Gasteiger partial charge in [-0.2, -0.15) is 0 Å². The van der Waals surface area contributed by atoms with Crippen LogP contribution in [0.5, 0.6) is 5.88 Å². The Bertz CT molecular complexity index is 526. The van der Waals surface area contributed by atoms with E-state index in [-0.39, 0.29) is 0 Å². The number of aromatic nitrogens is 1. The van der Waals surface area contributed by atoms with Gasteiger partial charge in [0.15, 0.2) is 5.96 Å². The van der Waals surface area contributed by atoms with Crippen molar-refractivity contribution in [1.82, 2.24) is 20.5 Å². The van der Waals surface area contributed by atoms with Gasteiger partial charge in [0.05, 0.1) is 13.7 Å². The van der Waals surface area contributed by atoms with Crippen LogP contribution in [0, 0.1) is 5.92 Å². The van der Waals surface area contributed by atoms with Crippen molar-refractivity contribution < 1.29 is 4.74 Å². The van der Waals surface area contributed by atoms with Gasteiger partial charge in [0.1, 0.15) is 0 Å². The highest BCUT2D eigenvalue weighted by molar-refractivity contribution is 5.79. The number of pyridine rings is 1. The van der Waals surface area contributed by atoms with Gasteiger partial charge in [-0.1, -0.05) is 13.0 Å². The molecule has 0 saturated carbocycles. The molecule has 0 bridgehead atoms. The summed E-state index contributed by atoms with van der Waals surface area (Å²) in [5, 5.41) is 6.73. The average molecular weight is 348 g/mol. The van der Waals surface area contributed by atoms with Gasteiger partial charge in [-0.3, -0.25) is 0 Å². The van der Waals surface area contributed by atoms with E-state index in [0.717, 1.165) is 43.5 Å². The molecule has 1 aliphatic rings. The monoisotopic (exact) mass is 347 g/mol. The number of hydrogen-bond donors (Lipinski definition) is 2. The van der Waals surface area contributed by atoms with Crippen molar-refractivity contribution >= 4 is 5.96 Å². The Labute approximate surface area is 152 Å². The van der Waals surface area contributed by atoms with Crippen molar-refractivity contribution in [2.45, 2.75) is 39.7 Å². The summed E-state index contributed by atoms with van der Waals surface area (Å²) >= 11 is 0. The van der Waals surface area contributed by atoms with Gasteiger partial charge in [0, 0.05) is 24.8 Å². The minimum atomic E-state index is 0.552. The second-order valence-corrected chi connectivity index (χ2v) is 6.67. The number of nitrogens with one attached hydrogen (secondary N) is 2. The topological polar surface area (TPSA) is 61.8 Å². The lowest BCUT2D eigenvalue weighted by atomic mass is 9.99. The summed E-state index contributed by atoms with van der Waals surface area (Å²) in [6.07, 6.45) is 5.54. The van der Waals surface area contributed by atoms with Gasteiger partial charge in [0.2, 0.25) is 5.88 Å². The fourth-order valence-electron chi connectivity index (χ4n) is 3.03. The summed E-state index contributed by atoms with van der Waals surface area (Å²) in [5.74, 6) is 2.38. The molecule has 2 rings (SSSR count). The third-order valence-electron chi connectivity index (χ3n) is 4.61. The van der Waals surface area contributed by atoms with Gasteiger partial charge in [-0.25, -0.2) is 9.98 Å². The van der Waals surface area contributed by atoms with Crippen LogP contribution in [-0.4, -0.2) is 55.7 Å². The average Bonchev–Trinajstić information content (AvgIpc) is 2.64. The predicted molar refractivity (Wildman–Crippen MR) is 103 cm³/mol. The maximum atomic E-state index is 5.28. The van der Waals surface area contributed by atoms with E-state index in [1.807, 2.05) is 12.1 Å². The first-order chi connectivity index (χ1) is 12.2. The summed E-state index contributed by atoms with van der Waals surface area (Å²) < 4.78 is 5.28. The van der Waals surface area contributed by atoms with Crippen molar-refractivity contribution in [1.29, 1.82) is 0 Å². The zero-order chi connectivity index (χ0) is 17.9. The minimum absolute atomic E-state index is 0.552. The number of hydrogen-bond acceptors (Lipinski definition) is 4. The number of nitrogens with zero attached hydrogens (tertiary/aromatic N) is 3. The fraction of sp³-hybridized carbons (Fsp3) is 0.684. The van der Waals surface area contributed by atoms with Gasteiger partial charge < -0.3 is 20.3 Å². The van der Waals surface area contributed by atoms with E-state index in [4.69, 9.17) is 4.74 Å². The minimum Gasteiger partial charge on any atom is -0.481 e. The first-order valence-corrected chi connectivity index (χ1v) is 9.45. The lowest BCUT2D eigenvalue weighted by molar-refractivity contribution is 0.191. The van der Waals surface area contributed by atoms with Gasteiger partial charge in [0.25, 0.3) is 0 Å². The number of aliphatic imine (C=N–C) groups is 1. The van der Waals surface area contributed by atoms with E-state index in [9.17, 15) is 0 Å². The summed E-state index contributed by atoms with van der Waals surface area (Å²) in [6.45, 7) is 10.4. The standard InChI is InChI=1S/C19H33N5O/c1-4-20-19(23-15-17-7-5-10-21-18(17)25-3)22-11-6-12-24-13-8-16(2)9-14-24/h5,7,10,16H,4,6,8-9,11-15H2,1-3H3,(H2,20,22,23). The molecule has 25 heavy (non-hydrogen) atoms. The van der Waals surface area contributed by atoms with Crippen molar-refractivity contribution in [3.8, 4) is 5.88 Å². The number of rotatable bonds is 8. The lowest BCUT2D eigenvalue weighted by Gasteiger charge is -2.30. The number of piperidine rings is 1. The Kier molecular flexibility index (Phi) is 8.52. The first-order valence-electron chi connectivity index (χ1n) is 9.45. The Morgan fingerprint density at radius 1 is 1.36 bits per heavy atom. The van der Waals surface area contributed by atoms with Crippen LogP contribution in [0.25, 0.3) is 0 Å². The zero-order valence-corrected chi connectivity index (χ0v) is 15.9. The number of guanidine groups is 1. The third kappa shape index (κ3) is 6.90. The van der Waals surface area contributed by atoms with Crippen molar-refractivity contribution in [2.75, 3.05) is 39.8 Å². The molecule has 2 N–H and O–H groups in total. The first kappa shape index (κ1) is 19.5. The Balaban J connectivity index is 1.75. The molecular weight excluding hydrogens is 314 g/mol. The SMILES string of the molecule is CCNC(=NCc1cccnc1OC)NCCCN1CCC(C)CC1. The maximum absolute atomic E-state index is 5.28. The van der Waals surface area contributed by atoms with Crippen LogP contribution in [0.4, 0.5) is 0 Å². The Morgan fingerprint density at radius 2 is 2.16 bits per heavy atom. The van der Waals surface area contributed by atoms with E-state index < -0.39 is 0 Å². The quantitative estimate of drug-likeness (QED) is 0.429. The summed E-state index contributed by atoms with van der Waals surface area (Å²) in [7, 11) is 1.64. The molecule has 6 nitrogen and oxygen atoms in total. The van der Waals surface area contributed by atoms with Crippen molar-refractivity contribution in [2.24, 2.45) is 10.9 Å². The molecule has 0 aliphatic carbocycles. The second kappa shape index (κ2) is 10.9. The van der Waals surface area contributed by atoms with Crippen LogP contribution >= 0.6 is 0 Å². The van der Waals surface area contributed by atoms with E-state index in [1.54, 1.807) is 13.3 Å². The van der Waals surface area contributed by atoms with Gasteiger partial charge in [-0.05, 0) is 57.8 Å². The predicted octanol–water partition coefficient (Wildman–Crippen LogP) is 2.27. The number of methoxy groups -OCH3 is 1. The second-order valence-electron chi connectivity index (χ2n) is 6.67. The lowest BCUT2D eigenvalue weighted by Crippen LogP contribution is -2.39. The summed E-state index contributed by atoms with van der Waals surface area (Å²) in [4.78, 5) is 11.4. The third-order valence-corrected chi connectivity index (χ3v) is 4.61. The normalized spacial score (nSPS) is 16.7. The largest absolute Gasteiger partial charge is 0.481 e. The molecule has 1 fully saturated rings. The van der Waals surface area contributed by atoms with E-state index >= 15 is 0 Å². The fourth-order valence-corrected chi connectivity index (χ4v) is 3.03.